The number of fused-ring (bicyclic) bond motifs is 5. The number of nitrogens with zero attached hydrogens (tertiary/aromatic N) is 4. The second kappa shape index (κ2) is 15.4. The molecule has 4 heterocycles. The zero-order valence-corrected chi connectivity index (χ0v) is 41.3. The van der Waals surface area contributed by atoms with Gasteiger partial charge in [0.1, 0.15) is 5.82 Å². The van der Waals surface area contributed by atoms with Crippen molar-refractivity contribution >= 4 is 33.3 Å². The van der Waals surface area contributed by atoms with Crippen molar-refractivity contribution in [2.24, 2.45) is 4.99 Å². The van der Waals surface area contributed by atoms with Crippen LogP contribution in [-0.2, 0) is 26.5 Å². The predicted octanol–water partition coefficient (Wildman–Crippen LogP) is 14.0. The fraction of sp³-hybridized carbons (Fsp3) is 0.276. The van der Waals surface area contributed by atoms with Gasteiger partial charge in [-0.05, 0) is 87.7 Å². The number of aromatic nitrogens is 2. The van der Waals surface area contributed by atoms with E-state index in [1.165, 1.54) is 61.1 Å². The molecule has 5 nitrogen and oxygen atoms in total. The minimum Gasteiger partial charge on any atom is -0.502 e. The van der Waals surface area contributed by atoms with Gasteiger partial charge in [0.05, 0.1) is 16.9 Å². The summed E-state index contributed by atoms with van der Waals surface area (Å²) in [7, 11) is 0. The summed E-state index contributed by atoms with van der Waals surface area (Å²) in [5, 5.41) is 2.36. The molecule has 8 aromatic rings. The fourth-order valence-electron chi connectivity index (χ4n) is 11.1. The number of hydrogen-bond donors (Lipinski definition) is 0. The molecule has 324 valence electrons. The number of aliphatic imine (C=N–C) groups is 1. The van der Waals surface area contributed by atoms with Crippen LogP contribution in [0.1, 0.15) is 107 Å². The number of ether oxygens (including phenoxy) is 1. The third-order valence-electron chi connectivity index (χ3n) is 14.4. The molecule has 10 rings (SSSR count). The molecular formula is C58H56N4OPt. The number of amidine groups is 1. The quantitative estimate of drug-likeness (QED) is 0.149. The van der Waals surface area contributed by atoms with Crippen LogP contribution in [0.4, 0.5) is 5.69 Å². The Morgan fingerprint density at radius 3 is 1.83 bits per heavy atom. The van der Waals surface area contributed by atoms with Crippen LogP contribution in [0.3, 0.4) is 0 Å². The SMILES string of the molecule is Cc1cc(C)c(N2C(c3[c-]c(Oc4[c-]c5c(cc4C)c4cc(C)cc6c4n5-c4ncccc4C6(C)C)c(C)cc3C)=N[C@](C)(C(c3ccccc3)c3ccccc3)C2(C)C)c(C)c1.[Pt+2]. The molecule has 0 N–H and O–H groups in total. The number of anilines is 1. The first-order valence-electron chi connectivity index (χ1n) is 22.3. The monoisotopic (exact) mass is 1020 g/mol. The topological polar surface area (TPSA) is 42.6 Å². The van der Waals surface area contributed by atoms with Crippen molar-refractivity contribution in [3.05, 3.63) is 194 Å². The Kier molecular flexibility index (Phi) is 10.5. The number of pyridine rings is 1. The van der Waals surface area contributed by atoms with E-state index in [2.05, 4.69) is 208 Å². The maximum absolute atomic E-state index is 7.08. The van der Waals surface area contributed by atoms with Gasteiger partial charge < -0.3 is 19.2 Å². The number of hydrogen-bond acceptors (Lipinski definition) is 4. The van der Waals surface area contributed by atoms with Gasteiger partial charge in [-0.25, -0.2) is 4.98 Å². The van der Waals surface area contributed by atoms with Crippen LogP contribution in [0.25, 0.3) is 27.6 Å². The van der Waals surface area contributed by atoms with Crippen LogP contribution in [-0.4, -0.2) is 26.5 Å². The maximum Gasteiger partial charge on any atom is 2.00 e. The van der Waals surface area contributed by atoms with Gasteiger partial charge in [0.15, 0.2) is 0 Å². The molecule has 0 spiro atoms. The average molecular weight is 1020 g/mol. The number of rotatable bonds is 7. The van der Waals surface area contributed by atoms with Crippen molar-refractivity contribution in [2.45, 2.75) is 105 Å². The van der Waals surface area contributed by atoms with Crippen molar-refractivity contribution in [1.82, 2.24) is 9.55 Å². The van der Waals surface area contributed by atoms with Gasteiger partial charge in [-0.3, -0.25) is 0 Å². The summed E-state index contributed by atoms with van der Waals surface area (Å²) in [4.78, 5) is 13.5. The summed E-state index contributed by atoms with van der Waals surface area (Å²) in [6, 6.07) is 47.5. The Hall–Kier alpha value is -5.77. The van der Waals surface area contributed by atoms with E-state index >= 15 is 0 Å². The van der Waals surface area contributed by atoms with Crippen LogP contribution >= 0.6 is 0 Å². The van der Waals surface area contributed by atoms with E-state index in [9.17, 15) is 0 Å². The summed E-state index contributed by atoms with van der Waals surface area (Å²) in [5.41, 5.74) is 15.9. The first kappa shape index (κ1) is 43.5. The zero-order chi connectivity index (χ0) is 44.3. The Bertz CT molecular complexity index is 3130. The molecule has 0 aliphatic carbocycles. The molecule has 0 fully saturated rings. The second-order valence-electron chi connectivity index (χ2n) is 19.5. The molecule has 0 saturated carbocycles. The molecule has 0 unspecified atom stereocenters. The molecule has 2 aliphatic rings. The second-order valence-corrected chi connectivity index (χ2v) is 19.5. The van der Waals surface area contributed by atoms with Crippen LogP contribution < -0.4 is 9.64 Å². The molecule has 0 amide bonds. The van der Waals surface area contributed by atoms with Crippen molar-refractivity contribution in [3.8, 4) is 17.3 Å². The van der Waals surface area contributed by atoms with Gasteiger partial charge >= 0.3 is 21.1 Å². The number of aryl methyl sites for hydroxylation is 7. The molecule has 0 bridgehead atoms. The molecule has 2 aliphatic heterocycles. The minimum absolute atomic E-state index is 0. The maximum atomic E-state index is 7.08. The first-order chi connectivity index (χ1) is 30.0. The minimum atomic E-state index is -0.620. The molecule has 6 heteroatoms. The third-order valence-corrected chi connectivity index (χ3v) is 14.4. The van der Waals surface area contributed by atoms with Crippen molar-refractivity contribution in [2.75, 3.05) is 4.90 Å². The molecule has 2 aromatic heterocycles. The van der Waals surface area contributed by atoms with E-state index in [1.54, 1.807) is 0 Å². The number of benzene rings is 6. The zero-order valence-electron chi connectivity index (χ0n) is 39.1. The largest absolute Gasteiger partial charge is 2.00 e. The molecule has 0 saturated heterocycles. The Labute approximate surface area is 393 Å². The molecule has 64 heavy (non-hydrogen) atoms. The van der Waals surface area contributed by atoms with Gasteiger partial charge in [-0.15, -0.1) is 34.2 Å². The van der Waals surface area contributed by atoms with Gasteiger partial charge in [0.25, 0.3) is 0 Å². The Morgan fingerprint density at radius 2 is 1.19 bits per heavy atom. The Balaban J connectivity index is 0.00000518. The van der Waals surface area contributed by atoms with Gasteiger partial charge in [-0.2, -0.15) is 6.07 Å². The van der Waals surface area contributed by atoms with E-state index < -0.39 is 11.1 Å². The van der Waals surface area contributed by atoms with Crippen molar-refractivity contribution in [3.63, 3.8) is 0 Å². The summed E-state index contributed by atoms with van der Waals surface area (Å²) < 4.78 is 9.38. The summed E-state index contributed by atoms with van der Waals surface area (Å²) in [6.07, 6.45) is 1.90. The molecular weight excluding hydrogens is 964 g/mol. The standard InChI is InChI=1S/C58H56N4O.Pt/c1-34-26-39(6)52(40(7)27-34)62-54(60-58(12,57(62,10)11)51(41-20-15-13-16-21-41)42-22-17-14-18-23-42)43-32-49(37(4)30-36(43)3)63-50-33-48-44(31-38(50)5)45-28-35(2)29-47-53(45)61(48)55-46(56(47,8)9)24-19-25-59-55;/h13-31,51H,1-12H3;/q-2;+2/t58-;/m1./s1. The van der Waals surface area contributed by atoms with E-state index in [0.29, 0.717) is 11.5 Å². The van der Waals surface area contributed by atoms with Crippen LogP contribution in [0.5, 0.6) is 11.5 Å². The molecule has 0 radical (unpaired) electrons. The van der Waals surface area contributed by atoms with E-state index in [0.717, 1.165) is 44.8 Å². The van der Waals surface area contributed by atoms with Crippen LogP contribution in [0.2, 0.25) is 0 Å². The van der Waals surface area contributed by atoms with Gasteiger partial charge in [-0.1, -0.05) is 154 Å². The normalized spacial score (nSPS) is 17.1. The average Bonchev–Trinajstić information content (AvgIpc) is 3.65. The predicted molar refractivity (Wildman–Crippen MR) is 261 cm³/mol. The van der Waals surface area contributed by atoms with E-state index in [4.69, 9.17) is 14.7 Å². The summed E-state index contributed by atoms with van der Waals surface area (Å²) in [5.74, 6) is 3.13. The van der Waals surface area contributed by atoms with Crippen molar-refractivity contribution < 1.29 is 25.8 Å². The Morgan fingerprint density at radius 1 is 0.594 bits per heavy atom. The van der Waals surface area contributed by atoms with E-state index in [1.807, 2.05) is 12.3 Å². The van der Waals surface area contributed by atoms with E-state index in [-0.39, 0.29) is 32.4 Å². The first-order valence-corrected chi connectivity index (χ1v) is 22.3. The summed E-state index contributed by atoms with van der Waals surface area (Å²) >= 11 is 0. The van der Waals surface area contributed by atoms with Gasteiger partial charge in [0.2, 0.25) is 0 Å². The molecule has 1 atom stereocenters. The van der Waals surface area contributed by atoms with Gasteiger partial charge in [0, 0.05) is 45.8 Å². The third kappa shape index (κ3) is 6.44. The summed E-state index contributed by atoms with van der Waals surface area (Å²) in [6.45, 7) is 27.0. The van der Waals surface area contributed by atoms with Crippen LogP contribution in [0, 0.1) is 60.6 Å². The van der Waals surface area contributed by atoms with Crippen molar-refractivity contribution in [1.29, 1.82) is 0 Å². The molecule has 6 aromatic carbocycles. The van der Waals surface area contributed by atoms with Crippen LogP contribution in [0.15, 0.2) is 120 Å². The fourth-order valence-corrected chi connectivity index (χ4v) is 11.1. The smallest absolute Gasteiger partial charge is 0.502 e.